The fraction of sp³-hybridized carbons (Fsp3) is 0.556. The zero-order chi connectivity index (χ0) is 12.4. The van der Waals surface area contributed by atoms with E-state index >= 15 is 0 Å². The Morgan fingerprint density at radius 2 is 2.19 bits per heavy atom. The largest absolute Gasteiger partial charge is 0.396 e. The van der Waals surface area contributed by atoms with Crippen LogP contribution in [0.25, 0.3) is 0 Å². The Hall–Kier alpha value is 0.0500. The number of aliphatic hydroxyl groups excluding tert-OH is 1. The number of halogens is 1. The van der Waals surface area contributed by atoms with Gasteiger partial charge in [0, 0.05) is 16.6 Å². The molecule has 92 valence electrons. The predicted octanol–water partition coefficient (Wildman–Crippen LogP) is 1.95. The number of hydrogen-bond acceptors (Lipinski definition) is 4. The lowest BCUT2D eigenvalue weighted by molar-refractivity contribution is 0.246. The van der Waals surface area contributed by atoms with E-state index in [9.17, 15) is 8.42 Å². The topological polar surface area (TPSA) is 66.4 Å². The van der Waals surface area contributed by atoms with Gasteiger partial charge in [-0.05, 0) is 47.6 Å². The van der Waals surface area contributed by atoms with Gasteiger partial charge in [0.2, 0.25) is 0 Å². The molecule has 0 bridgehead atoms. The van der Waals surface area contributed by atoms with Crippen molar-refractivity contribution >= 4 is 37.3 Å². The van der Waals surface area contributed by atoms with Gasteiger partial charge in [-0.15, -0.1) is 11.3 Å². The van der Waals surface area contributed by atoms with E-state index in [4.69, 9.17) is 5.11 Å². The van der Waals surface area contributed by atoms with Gasteiger partial charge in [0.25, 0.3) is 10.0 Å². The highest BCUT2D eigenvalue weighted by Gasteiger charge is 2.27. The number of rotatable bonds is 5. The van der Waals surface area contributed by atoms with E-state index in [0.29, 0.717) is 10.9 Å². The van der Waals surface area contributed by atoms with Gasteiger partial charge in [-0.25, -0.2) is 13.1 Å². The molecule has 1 aromatic heterocycles. The molecule has 16 heavy (non-hydrogen) atoms. The highest BCUT2D eigenvalue weighted by molar-refractivity contribution is 9.10. The van der Waals surface area contributed by atoms with Crippen LogP contribution in [0.15, 0.2) is 20.1 Å². The van der Waals surface area contributed by atoms with Gasteiger partial charge in [-0.3, -0.25) is 0 Å². The first-order chi connectivity index (χ1) is 7.28. The second-order valence-electron chi connectivity index (χ2n) is 4.02. The average Bonchev–Trinajstić information content (AvgIpc) is 2.49. The number of aliphatic hydroxyl groups is 1. The van der Waals surface area contributed by atoms with Crippen molar-refractivity contribution in [3.63, 3.8) is 0 Å². The average molecular weight is 328 g/mol. The maximum atomic E-state index is 12.0. The molecule has 0 aliphatic rings. The second kappa shape index (κ2) is 5.14. The van der Waals surface area contributed by atoms with Crippen molar-refractivity contribution in [3.8, 4) is 0 Å². The van der Waals surface area contributed by atoms with E-state index in [1.54, 1.807) is 25.3 Å². The number of nitrogens with one attached hydrogen (secondary N) is 1. The van der Waals surface area contributed by atoms with Gasteiger partial charge < -0.3 is 5.11 Å². The van der Waals surface area contributed by atoms with Gasteiger partial charge in [-0.1, -0.05) is 0 Å². The minimum atomic E-state index is -3.52. The SMILES string of the molecule is CC(C)(CCO)NS(=O)(=O)c1sccc1Br. The summed E-state index contributed by atoms with van der Waals surface area (Å²) in [5, 5.41) is 10.5. The van der Waals surface area contributed by atoms with Crippen molar-refractivity contribution in [1.29, 1.82) is 0 Å². The molecule has 0 aromatic carbocycles. The van der Waals surface area contributed by atoms with Crippen LogP contribution in [0.3, 0.4) is 0 Å². The third kappa shape index (κ3) is 3.53. The summed E-state index contributed by atoms with van der Waals surface area (Å²) in [6.07, 6.45) is 0.370. The minimum absolute atomic E-state index is 0.0544. The van der Waals surface area contributed by atoms with Crippen molar-refractivity contribution in [3.05, 3.63) is 15.9 Å². The molecule has 0 aliphatic heterocycles. The molecule has 1 aromatic rings. The van der Waals surface area contributed by atoms with Gasteiger partial charge >= 0.3 is 0 Å². The lowest BCUT2D eigenvalue weighted by Gasteiger charge is -2.24. The lowest BCUT2D eigenvalue weighted by Crippen LogP contribution is -2.43. The molecule has 0 radical (unpaired) electrons. The summed E-state index contributed by atoms with van der Waals surface area (Å²) in [7, 11) is -3.52. The van der Waals surface area contributed by atoms with E-state index in [-0.39, 0.29) is 10.8 Å². The monoisotopic (exact) mass is 327 g/mol. The Morgan fingerprint density at radius 3 is 2.62 bits per heavy atom. The van der Waals surface area contributed by atoms with Gasteiger partial charge in [0.1, 0.15) is 4.21 Å². The summed E-state index contributed by atoms with van der Waals surface area (Å²) in [6.45, 7) is 3.42. The molecule has 2 N–H and O–H groups in total. The van der Waals surface area contributed by atoms with Crippen LogP contribution in [-0.4, -0.2) is 25.7 Å². The fourth-order valence-corrected chi connectivity index (χ4v) is 4.99. The number of thiophene rings is 1. The second-order valence-corrected chi connectivity index (χ2v) is 7.67. The third-order valence-electron chi connectivity index (χ3n) is 1.98. The lowest BCUT2D eigenvalue weighted by atomic mass is 10.0. The molecular weight excluding hydrogens is 314 g/mol. The molecule has 0 spiro atoms. The van der Waals surface area contributed by atoms with Crippen molar-refractivity contribution in [1.82, 2.24) is 4.72 Å². The summed E-state index contributed by atoms with van der Waals surface area (Å²) < 4.78 is 27.4. The van der Waals surface area contributed by atoms with E-state index in [2.05, 4.69) is 20.7 Å². The number of hydrogen-bond donors (Lipinski definition) is 2. The maximum absolute atomic E-state index is 12.0. The molecule has 0 saturated heterocycles. The molecule has 0 atom stereocenters. The molecule has 0 unspecified atom stereocenters. The highest BCUT2D eigenvalue weighted by atomic mass is 79.9. The Labute approximate surface area is 108 Å². The van der Waals surface area contributed by atoms with Gasteiger partial charge in [0.15, 0.2) is 0 Å². The maximum Gasteiger partial charge on any atom is 0.251 e. The van der Waals surface area contributed by atoms with Crippen LogP contribution >= 0.6 is 27.3 Å². The summed E-state index contributed by atoms with van der Waals surface area (Å²) in [5.74, 6) is 0. The first kappa shape index (κ1) is 14.1. The standard InChI is InChI=1S/C9H14BrNO3S2/c1-9(2,4-5-12)11-16(13,14)8-7(10)3-6-15-8/h3,6,11-12H,4-5H2,1-2H3. The Bertz CT molecular complexity index is 453. The van der Waals surface area contributed by atoms with Crippen molar-refractivity contribution < 1.29 is 13.5 Å². The normalized spacial score (nSPS) is 13.0. The third-order valence-corrected chi connectivity index (χ3v) is 6.34. The van der Waals surface area contributed by atoms with Gasteiger partial charge in [0.05, 0.1) is 0 Å². The molecule has 4 nitrogen and oxygen atoms in total. The van der Waals surface area contributed by atoms with Crippen molar-refractivity contribution in [2.45, 2.75) is 30.0 Å². The molecule has 1 heterocycles. The van der Waals surface area contributed by atoms with Crippen LogP contribution in [0, 0.1) is 0 Å². The van der Waals surface area contributed by atoms with Crippen molar-refractivity contribution in [2.24, 2.45) is 0 Å². The zero-order valence-electron chi connectivity index (χ0n) is 9.03. The smallest absolute Gasteiger partial charge is 0.251 e. The van der Waals surface area contributed by atoms with Crippen molar-refractivity contribution in [2.75, 3.05) is 6.61 Å². The molecule has 0 fully saturated rings. The zero-order valence-corrected chi connectivity index (χ0v) is 12.2. The summed E-state index contributed by atoms with van der Waals surface area (Å²) >= 11 is 4.35. The van der Waals surface area contributed by atoms with Crippen LogP contribution in [0.4, 0.5) is 0 Å². The van der Waals surface area contributed by atoms with E-state index in [1.165, 1.54) is 0 Å². The first-order valence-corrected chi connectivity index (χ1v) is 7.82. The summed E-state index contributed by atoms with van der Waals surface area (Å²) in [6, 6.07) is 1.69. The fourth-order valence-electron chi connectivity index (χ4n) is 1.21. The minimum Gasteiger partial charge on any atom is -0.396 e. The summed E-state index contributed by atoms with van der Waals surface area (Å²) in [5.41, 5.74) is -0.656. The van der Waals surface area contributed by atoms with E-state index < -0.39 is 15.6 Å². The van der Waals surface area contributed by atoms with E-state index in [0.717, 1.165) is 11.3 Å². The summed E-state index contributed by atoms with van der Waals surface area (Å²) in [4.78, 5) is 0. The van der Waals surface area contributed by atoms with Gasteiger partial charge in [-0.2, -0.15) is 0 Å². The molecular formula is C9H14BrNO3S2. The van der Waals surface area contributed by atoms with Crippen LogP contribution in [0.2, 0.25) is 0 Å². The molecule has 0 aliphatic carbocycles. The van der Waals surface area contributed by atoms with Crippen LogP contribution in [0.5, 0.6) is 0 Å². The number of sulfonamides is 1. The van der Waals surface area contributed by atoms with Crippen LogP contribution < -0.4 is 4.72 Å². The Balaban J connectivity index is 2.93. The highest BCUT2D eigenvalue weighted by Crippen LogP contribution is 2.28. The molecule has 1 rings (SSSR count). The van der Waals surface area contributed by atoms with Crippen LogP contribution in [-0.2, 0) is 10.0 Å². The van der Waals surface area contributed by atoms with Crippen LogP contribution in [0.1, 0.15) is 20.3 Å². The first-order valence-electron chi connectivity index (χ1n) is 4.66. The Morgan fingerprint density at radius 1 is 1.56 bits per heavy atom. The molecule has 0 amide bonds. The van der Waals surface area contributed by atoms with E-state index in [1.807, 2.05) is 0 Å². The Kier molecular flexibility index (Phi) is 4.53. The quantitative estimate of drug-likeness (QED) is 0.868. The molecule has 7 heteroatoms. The predicted molar refractivity (Wildman–Crippen MR) is 68.1 cm³/mol. The molecule has 0 saturated carbocycles.